The molecule has 0 saturated carbocycles. The molecule has 3 aromatic rings. The van der Waals surface area contributed by atoms with Crippen LogP contribution in [0.5, 0.6) is 0 Å². The van der Waals surface area contributed by atoms with Crippen molar-refractivity contribution in [1.82, 2.24) is 4.57 Å². The Balaban J connectivity index is 2.24. The Hall–Kier alpha value is -2.55. The number of carbonyl (C=O) groups is 1. The molecule has 22 heavy (non-hydrogen) atoms. The molecular weight excluding hydrogens is 274 g/mol. The zero-order valence-corrected chi connectivity index (χ0v) is 13.0. The first-order valence-electron chi connectivity index (χ1n) is 7.40. The number of methoxy groups -OCH3 is 1. The highest BCUT2D eigenvalue weighted by Gasteiger charge is 2.15. The van der Waals surface area contributed by atoms with E-state index in [-0.39, 0.29) is 5.97 Å². The van der Waals surface area contributed by atoms with E-state index in [4.69, 9.17) is 4.74 Å². The number of hydrogen-bond acceptors (Lipinski definition) is 2. The number of aromatic nitrogens is 1. The normalized spacial score (nSPS) is 11.1. The fourth-order valence-corrected chi connectivity index (χ4v) is 2.87. The van der Waals surface area contributed by atoms with Crippen molar-refractivity contribution in [3.8, 4) is 11.3 Å². The zero-order chi connectivity index (χ0) is 15.7. The number of hydrogen-bond donors (Lipinski definition) is 0. The van der Waals surface area contributed by atoms with Crippen molar-refractivity contribution in [2.75, 3.05) is 7.11 Å². The van der Waals surface area contributed by atoms with E-state index >= 15 is 0 Å². The molecule has 2 aromatic carbocycles. The van der Waals surface area contributed by atoms with Crippen molar-refractivity contribution in [2.24, 2.45) is 0 Å². The molecule has 1 heterocycles. The van der Waals surface area contributed by atoms with Gasteiger partial charge in [0.05, 0.1) is 12.7 Å². The summed E-state index contributed by atoms with van der Waals surface area (Å²) in [5, 5.41) is 1.05. The minimum atomic E-state index is -0.305. The smallest absolute Gasteiger partial charge is 0.337 e. The van der Waals surface area contributed by atoms with Gasteiger partial charge in [0.25, 0.3) is 0 Å². The van der Waals surface area contributed by atoms with E-state index in [2.05, 4.69) is 36.6 Å². The average Bonchev–Trinajstić information content (AvgIpc) is 2.93. The van der Waals surface area contributed by atoms with Crippen LogP contribution in [0.15, 0.2) is 54.6 Å². The third-order valence-electron chi connectivity index (χ3n) is 3.85. The molecule has 0 bridgehead atoms. The van der Waals surface area contributed by atoms with Gasteiger partial charge in [0.2, 0.25) is 0 Å². The van der Waals surface area contributed by atoms with Crippen molar-refractivity contribution in [1.29, 1.82) is 0 Å². The number of esters is 1. The van der Waals surface area contributed by atoms with Gasteiger partial charge in [-0.05, 0) is 43.7 Å². The lowest BCUT2D eigenvalue weighted by Crippen LogP contribution is -2.03. The second-order valence-corrected chi connectivity index (χ2v) is 5.62. The molecule has 0 aliphatic carbocycles. The van der Waals surface area contributed by atoms with Crippen LogP contribution >= 0.6 is 0 Å². The van der Waals surface area contributed by atoms with Crippen LogP contribution < -0.4 is 0 Å². The van der Waals surface area contributed by atoms with Crippen LogP contribution in [-0.2, 0) is 4.74 Å². The van der Waals surface area contributed by atoms with E-state index in [1.807, 2.05) is 36.4 Å². The third-order valence-corrected chi connectivity index (χ3v) is 3.85. The molecule has 3 nitrogen and oxygen atoms in total. The van der Waals surface area contributed by atoms with Crippen LogP contribution in [0.3, 0.4) is 0 Å². The van der Waals surface area contributed by atoms with Gasteiger partial charge in [-0.25, -0.2) is 4.79 Å². The summed E-state index contributed by atoms with van der Waals surface area (Å²) in [4.78, 5) is 11.7. The van der Waals surface area contributed by atoms with Gasteiger partial charge in [0.1, 0.15) is 0 Å². The second-order valence-electron chi connectivity index (χ2n) is 5.62. The summed E-state index contributed by atoms with van der Waals surface area (Å²) in [6.45, 7) is 4.33. The van der Waals surface area contributed by atoms with Crippen LogP contribution in [0.1, 0.15) is 30.2 Å². The minimum absolute atomic E-state index is 0.305. The highest BCUT2D eigenvalue weighted by Crippen LogP contribution is 2.32. The van der Waals surface area contributed by atoms with Crippen LogP contribution in [0.4, 0.5) is 0 Å². The Bertz CT molecular complexity index is 816. The number of ether oxygens (including phenoxy) is 1. The molecule has 0 radical (unpaired) electrons. The summed E-state index contributed by atoms with van der Waals surface area (Å²) in [6.07, 6.45) is 0. The summed E-state index contributed by atoms with van der Waals surface area (Å²) < 4.78 is 7.11. The third kappa shape index (κ3) is 2.39. The molecule has 0 unspecified atom stereocenters. The molecule has 3 heteroatoms. The van der Waals surface area contributed by atoms with Crippen LogP contribution in [0.25, 0.3) is 22.2 Å². The van der Waals surface area contributed by atoms with Crippen molar-refractivity contribution in [2.45, 2.75) is 19.9 Å². The van der Waals surface area contributed by atoms with Gasteiger partial charge in [-0.1, -0.05) is 30.3 Å². The summed E-state index contributed by atoms with van der Waals surface area (Å²) >= 11 is 0. The molecule has 0 fully saturated rings. The van der Waals surface area contributed by atoms with Crippen LogP contribution in [-0.4, -0.2) is 17.6 Å². The lowest BCUT2D eigenvalue weighted by atomic mass is 10.1. The van der Waals surface area contributed by atoms with Crippen LogP contribution in [0, 0.1) is 0 Å². The Morgan fingerprint density at radius 1 is 1.05 bits per heavy atom. The van der Waals surface area contributed by atoms with Crippen molar-refractivity contribution < 1.29 is 9.53 Å². The van der Waals surface area contributed by atoms with Crippen molar-refractivity contribution >= 4 is 16.9 Å². The lowest BCUT2D eigenvalue weighted by Gasteiger charge is -2.15. The number of fused-ring (bicyclic) bond motifs is 1. The summed E-state index contributed by atoms with van der Waals surface area (Å²) in [5.74, 6) is -0.305. The first-order chi connectivity index (χ1) is 10.6. The molecule has 0 saturated heterocycles. The Morgan fingerprint density at radius 2 is 1.77 bits per heavy atom. The van der Waals surface area contributed by atoms with Gasteiger partial charge in [-0.15, -0.1) is 0 Å². The van der Waals surface area contributed by atoms with E-state index in [1.54, 1.807) is 0 Å². The number of carbonyl (C=O) groups excluding carboxylic acids is 1. The second kappa shape index (κ2) is 5.68. The maximum Gasteiger partial charge on any atom is 0.337 e. The Morgan fingerprint density at radius 3 is 2.41 bits per heavy atom. The minimum Gasteiger partial charge on any atom is -0.465 e. The standard InChI is InChI=1S/C19H19NO2/c1-13(2)20-17-10-9-15(19(21)22-3)11-16(17)12-18(20)14-7-5-4-6-8-14/h4-13H,1-3H3. The molecule has 1 aromatic heterocycles. The van der Waals surface area contributed by atoms with Gasteiger partial charge >= 0.3 is 5.97 Å². The van der Waals surface area contributed by atoms with Gasteiger partial charge in [0, 0.05) is 22.6 Å². The fraction of sp³-hybridized carbons (Fsp3) is 0.211. The summed E-state index contributed by atoms with van der Waals surface area (Å²) in [6, 6.07) is 18.5. The molecule has 0 atom stereocenters. The molecular formula is C19H19NO2. The van der Waals surface area contributed by atoms with E-state index in [9.17, 15) is 4.79 Å². The maximum absolute atomic E-state index is 11.7. The number of benzene rings is 2. The zero-order valence-electron chi connectivity index (χ0n) is 13.0. The number of nitrogens with zero attached hydrogens (tertiary/aromatic N) is 1. The SMILES string of the molecule is COC(=O)c1ccc2c(c1)cc(-c1ccccc1)n2C(C)C. The monoisotopic (exact) mass is 293 g/mol. The van der Waals surface area contributed by atoms with Crippen LogP contribution in [0.2, 0.25) is 0 Å². The number of rotatable bonds is 3. The first kappa shape index (κ1) is 14.4. The highest BCUT2D eigenvalue weighted by molar-refractivity contribution is 5.96. The van der Waals surface area contributed by atoms with Gasteiger partial charge in [-0.3, -0.25) is 0 Å². The van der Waals surface area contributed by atoms with Gasteiger partial charge in [-0.2, -0.15) is 0 Å². The first-order valence-corrected chi connectivity index (χ1v) is 7.40. The molecule has 0 aliphatic rings. The predicted octanol–water partition coefficient (Wildman–Crippen LogP) is 4.68. The van der Waals surface area contributed by atoms with E-state index < -0.39 is 0 Å². The van der Waals surface area contributed by atoms with Gasteiger partial charge in [0.15, 0.2) is 0 Å². The molecule has 0 aliphatic heterocycles. The van der Waals surface area contributed by atoms with E-state index in [0.717, 1.165) is 16.6 Å². The van der Waals surface area contributed by atoms with Crippen molar-refractivity contribution in [3.63, 3.8) is 0 Å². The largest absolute Gasteiger partial charge is 0.465 e. The maximum atomic E-state index is 11.7. The fourth-order valence-electron chi connectivity index (χ4n) is 2.87. The van der Waals surface area contributed by atoms with E-state index in [1.165, 1.54) is 12.7 Å². The average molecular weight is 293 g/mol. The summed E-state index contributed by atoms with van der Waals surface area (Å²) in [7, 11) is 1.40. The Labute approximate surface area is 130 Å². The Kier molecular flexibility index (Phi) is 3.72. The highest BCUT2D eigenvalue weighted by atomic mass is 16.5. The predicted molar refractivity (Wildman–Crippen MR) is 89.1 cm³/mol. The lowest BCUT2D eigenvalue weighted by molar-refractivity contribution is 0.0601. The molecule has 3 rings (SSSR count). The molecule has 0 spiro atoms. The molecule has 0 amide bonds. The molecule has 112 valence electrons. The quantitative estimate of drug-likeness (QED) is 0.657. The topological polar surface area (TPSA) is 31.2 Å². The van der Waals surface area contributed by atoms with Gasteiger partial charge < -0.3 is 9.30 Å². The summed E-state index contributed by atoms with van der Waals surface area (Å²) in [5.41, 5.74) is 4.04. The van der Waals surface area contributed by atoms with E-state index in [0.29, 0.717) is 11.6 Å². The van der Waals surface area contributed by atoms with Crippen molar-refractivity contribution in [3.05, 3.63) is 60.2 Å². The molecule has 0 N–H and O–H groups in total.